The molecule has 1 aromatic heterocycles. The topological polar surface area (TPSA) is 106 Å². The first-order chi connectivity index (χ1) is 6.50. The summed E-state index contributed by atoms with van der Waals surface area (Å²) in [5.74, 6) is 0. The highest BCUT2D eigenvalue weighted by molar-refractivity contribution is 8.13. The van der Waals surface area contributed by atoms with Crippen molar-refractivity contribution in [1.82, 2.24) is 4.98 Å². The van der Waals surface area contributed by atoms with Crippen LogP contribution in [0.15, 0.2) is 17.3 Å². The molecule has 0 saturated heterocycles. The maximum absolute atomic E-state index is 10.6. The van der Waals surface area contributed by atoms with Crippen LogP contribution in [0.2, 0.25) is 0 Å². The van der Waals surface area contributed by atoms with E-state index in [-0.39, 0.29) is 15.9 Å². The van der Waals surface area contributed by atoms with E-state index in [1.54, 1.807) is 6.92 Å². The summed E-state index contributed by atoms with van der Waals surface area (Å²) in [6, 6.07) is 1.40. The third kappa shape index (κ3) is 2.43. The Morgan fingerprint density at radius 2 is 2.43 bits per heavy atom. The van der Waals surface area contributed by atoms with Crippen LogP contribution in [-0.2, 0) is 0 Å². The molecule has 0 atom stereocenters. The van der Waals surface area contributed by atoms with Gasteiger partial charge in [0.25, 0.3) is 0 Å². The monoisotopic (exact) mass is 212 g/mol. The second-order valence-electron chi connectivity index (χ2n) is 2.56. The summed E-state index contributed by atoms with van der Waals surface area (Å²) in [7, 11) is 0. The van der Waals surface area contributed by atoms with Gasteiger partial charge in [0.2, 0.25) is 0 Å². The summed E-state index contributed by atoms with van der Waals surface area (Å²) in [5.41, 5.74) is 5.69. The Labute approximate surface area is 84.2 Å². The Morgan fingerprint density at radius 3 is 2.93 bits per heavy atom. The minimum atomic E-state index is -0.536. The predicted octanol–water partition coefficient (Wildman–Crippen LogP) is 1.28. The fraction of sp³-hybridized carbons (Fsp3) is 0.143. The number of aromatic nitrogens is 1. The molecule has 0 aliphatic heterocycles. The van der Waals surface area contributed by atoms with Gasteiger partial charge in [0, 0.05) is 12.3 Å². The first kappa shape index (κ1) is 10.5. The molecule has 1 heterocycles. The SMILES string of the molecule is Cc1cnc(SC(=N)N)c([N+](=O)[O-])c1. The maximum Gasteiger partial charge on any atom is 0.302 e. The first-order valence-corrected chi connectivity index (χ1v) is 4.45. The lowest BCUT2D eigenvalue weighted by Gasteiger charge is -2.00. The summed E-state index contributed by atoms with van der Waals surface area (Å²) in [6.07, 6.45) is 1.50. The van der Waals surface area contributed by atoms with Gasteiger partial charge in [0.15, 0.2) is 10.2 Å². The summed E-state index contributed by atoms with van der Waals surface area (Å²) in [6.45, 7) is 1.71. The second kappa shape index (κ2) is 4.05. The Morgan fingerprint density at radius 1 is 1.79 bits per heavy atom. The van der Waals surface area contributed by atoms with Crippen LogP contribution in [0.5, 0.6) is 0 Å². The van der Waals surface area contributed by atoms with Crippen molar-refractivity contribution < 1.29 is 4.92 Å². The van der Waals surface area contributed by atoms with Gasteiger partial charge >= 0.3 is 5.69 Å². The van der Waals surface area contributed by atoms with E-state index in [2.05, 4.69) is 4.98 Å². The van der Waals surface area contributed by atoms with E-state index in [9.17, 15) is 10.1 Å². The number of pyridine rings is 1. The molecule has 1 aromatic rings. The molecule has 6 nitrogen and oxygen atoms in total. The minimum absolute atomic E-state index is 0.120. The van der Waals surface area contributed by atoms with E-state index in [0.717, 1.165) is 11.8 Å². The number of amidine groups is 1. The number of hydrogen-bond donors (Lipinski definition) is 2. The van der Waals surface area contributed by atoms with Crippen molar-refractivity contribution in [1.29, 1.82) is 5.41 Å². The van der Waals surface area contributed by atoms with Crippen LogP contribution < -0.4 is 5.73 Å². The molecule has 14 heavy (non-hydrogen) atoms. The van der Waals surface area contributed by atoms with E-state index < -0.39 is 4.92 Å². The molecule has 0 spiro atoms. The van der Waals surface area contributed by atoms with Gasteiger partial charge in [-0.2, -0.15) is 0 Å². The molecule has 0 aromatic carbocycles. The van der Waals surface area contributed by atoms with Crippen LogP contribution in [0.4, 0.5) is 5.69 Å². The zero-order valence-electron chi connectivity index (χ0n) is 7.35. The smallest absolute Gasteiger partial charge is 0.302 e. The average Bonchev–Trinajstić information content (AvgIpc) is 2.07. The second-order valence-corrected chi connectivity index (χ2v) is 3.59. The zero-order chi connectivity index (χ0) is 10.7. The molecule has 3 N–H and O–H groups in total. The number of nitrogens with two attached hydrogens (primary N) is 1. The molecule has 0 aliphatic carbocycles. The zero-order valence-corrected chi connectivity index (χ0v) is 8.17. The minimum Gasteiger partial charge on any atom is -0.378 e. The summed E-state index contributed by atoms with van der Waals surface area (Å²) >= 11 is 0.770. The highest BCUT2D eigenvalue weighted by Gasteiger charge is 2.16. The van der Waals surface area contributed by atoms with Crippen LogP contribution >= 0.6 is 11.8 Å². The van der Waals surface area contributed by atoms with Crippen LogP contribution in [0.25, 0.3) is 0 Å². The van der Waals surface area contributed by atoms with Crippen LogP contribution in [0.3, 0.4) is 0 Å². The van der Waals surface area contributed by atoms with Crippen molar-refractivity contribution >= 4 is 22.6 Å². The summed E-state index contributed by atoms with van der Waals surface area (Å²) in [4.78, 5) is 13.9. The molecular weight excluding hydrogens is 204 g/mol. The number of nitro groups is 1. The van der Waals surface area contributed by atoms with Gasteiger partial charge in [-0.05, 0) is 24.2 Å². The largest absolute Gasteiger partial charge is 0.378 e. The number of hydrogen-bond acceptors (Lipinski definition) is 5. The lowest BCUT2D eigenvalue weighted by molar-refractivity contribution is -0.388. The van der Waals surface area contributed by atoms with Gasteiger partial charge in [-0.1, -0.05) is 0 Å². The van der Waals surface area contributed by atoms with Crippen molar-refractivity contribution in [2.24, 2.45) is 5.73 Å². The van der Waals surface area contributed by atoms with Crippen LogP contribution in [0.1, 0.15) is 5.56 Å². The molecule has 1 rings (SSSR count). The normalized spacial score (nSPS) is 9.79. The Hall–Kier alpha value is -1.63. The van der Waals surface area contributed by atoms with Crippen LogP contribution in [-0.4, -0.2) is 15.1 Å². The molecule has 0 unspecified atom stereocenters. The molecule has 0 fully saturated rings. The van der Waals surface area contributed by atoms with Crippen molar-refractivity contribution in [3.63, 3.8) is 0 Å². The molecule has 0 radical (unpaired) electrons. The lowest BCUT2D eigenvalue weighted by atomic mass is 10.3. The molecule has 0 aliphatic rings. The number of nitrogens with one attached hydrogen (secondary N) is 1. The van der Waals surface area contributed by atoms with Gasteiger partial charge in [-0.15, -0.1) is 0 Å². The fourth-order valence-electron chi connectivity index (χ4n) is 0.855. The highest BCUT2D eigenvalue weighted by atomic mass is 32.2. The molecule has 0 saturated carbocycles. The van der Waals surface area contributed by atoms with E-state index in [1.165, 1.54) is 12.3 Å². The number of thioether (sulfide) groups is 1. The van der Waals surface area contributed by atoms with E-state index in [0.29, 0.717) is 5.56 Å². The number of rotatable bonds is 2. The molecule has 0 bridgehead atoms. The van der Waals surface area contributed by atoms with E-state index in [4.69, 9.17) is 11.1 Å². The fourth-order valence-corrected chi connectivity index (χ4v) is 1.41. The summed E-state index contributed by atoms with van der Waals surface area (Å²) in [5, 5.41) is 17.5. The van der Waals surface area contributed by atoms with Gasteiger partial charge in [0.1, 0.15) is 0 Å². The summed E-state index contributed by atoms with van der Waals surface area (Å²) < 4.78 is 0. The Bertz CT molecular complexity index is 393. The lowest BCUT2D eigenvalue weighted by Crippen LogP contribution is -2.05. The van der Waals surface area contributed by atoms with E-state index >= 15 is 0 Å². The third-order valence-corrected chi connectivity index (χ3v) is 2.10. The molecule has 0 amide bonds. The average molecular weight is 212 g/mol. The molecule has 7 heteroatoms. The number of nitrogens with zero attached hydrogens (tertiary/aromatic N) is 2. The Balaban J connectivity index is 3.14. The van der Waals surface area contributed by atoms with Gasteiger partial charge in [-0.25, -0.2) is 4.98 Å². The van der Waals surface area contributed by atoms with Crippen molar-refractivity contribution in [2.45, 2.75) is 11.9 Å². The maximum atomic E-state index is 10.6. The predicted molar refractivity (Wildman–Crippen MR) is 53.4 cm³/mol. The quantitative estimate of drug-likeness (QED) is 0.252. The van der Waals surface area contributed by atoms with Crippen molar-refractivity contribution in [3.05, 3.63) is 27.9 Å². The third-order valence-electron chi connectivity index (χ3n) is 1.37. The Kier molecular flexibility index (Phi) is 3.03. The van der Waals surface area contributed by atoms with Gasteiger partial charge in [-0.3, -0.25) is 15.5 Å². The number of aryl methyl sites for hydroxylation is 1. The van der Waals surface area contributed by atoms with E-state index in [1.807, 2.05) is 0 Å². The highest BCUT2D eigenvalue weighted by Crippen LogP contribution is 2.26. The van der Waals surface area contributed by atoms with Gasteiger partial charge < -0.3 is 5.73 Å². The first-order valence-electron chi connectivity index (χ1n) is 3.63. The molecular formula is C7H8N4O2S. The standard InChI is InChI=1S/C7H8N4O2S/c1-4-2-5(11(12)13)6(10-3-4)14-7(8)9/h2-3H,1H3,(H3,8,9). The van der Waals surface area contributed by atoms with Crippen molar-refractivity contribution in [2.75, 3.05) is 0 Å². The van der Waals surface area contributed by atoms with Crippen molar-refractivity contribution in [3.8, 4) is 0 Å². The molecule has 74 valence electrons. The van der Waals surface area contributed by atoms with Gasteiger partial charge in [0.05, 0.1) is 4.92 Å². The van der Waals surface area contributed by atoms with Crippen LogP contribution in [0, 0.1) is 22.4 Å².